The molecule has 0 radical (unpaired) electrons. The summed E-state index contributed by atoms with van der Waals surface area (Å²) < 4.78 is 27.1. The molecule has 6 nitrogen and oxygen atoms in total. The van der Waals surface area contributed by atoms with Crippen LogP contribution in [0, 0.1) is 0 Å². The van der Waals surface area contributed by atoms with E-state index in [-0.39, 0.29) is 11.8 Å². The second kappa shape index (κ2) is 9.01. The van der Waals surface area contributed by atoms with E-state index in [0.717, 1.165) is 29.9 Å². The molecule has 0 saturated heterocycles. The van der Waals surface area contributed by atoms with Gasteiger partial charge in [-0.05, 0) is 37.8 Å². The van der Waals surface area contributed by atoms with E-state index in [1.807, 2.05) is 38.1 Å². The largest absolute Gasteiger partial charge is 0.353 e. The Hall–Kier alpha value is -1.86. The Labute approximate surface area is 150 Å². The van der Waals surface area contributed by atoms with Crippen molar-refractivity contribution >= 4 is 16.0 Å². The second-order valence-electron chi connectivity index (χ2n) is 6.51. The SMILES string of the molecule is CN=C(NCc1ccccc1CS(=O)(=O)NC(C)C)NC1CC=CC1. The van der Waals surface area contributed by atoms with Gasteiger partial charge in [0.2, 0.25) is 10.0 Å². The van der Waals surface area contributed by atoms with Gasteiger partial charge in [0.25, 0.3) is 0 Å². The maximum Gasteiger partial charge on any atom is 0.216 e. The van der Waals surface area contributed by atoms with E-state index in [2.05, 4.69) is 32.5 Å². The molecular weight excluding hydrogens is 336 g/mol. The molecule has 0 heterocycles. The van der Waals surface area contributed by atoms with Gasteiger partial charge in [0.05, 0.1) is 5.75 Å². The fourth-order valence-electron chi connectivity index (χ4n) is 2.78. The molecule has 25 heavy (non-hydrogen) atoms. The first-order valence-electron chi connectivity index (χ1n) is 8.58. The maximum atomic E-state index is 12.2. The highest BCUT2D eigenvalue weighted by atomic mass is 32.2. The van der Waals surface area contributed by atoms with Gasteiger partial charge in [-0.25, -0.2) is 13.1 Å². The highest BCUT2D eigenvalue weighted by molar-refractivity contribution is 7.88. The average Bonchev–Trinajstić information content (AvgIpc) is 3.04. The van der Waals surface area contributed by atoms with Gasteiger partial charge in [-0.2, -0.15) is 0 Å². The molecule has 0 saturated carbocycles. The highest BCUT2D eigenvalue weighted by Crippen LogP contribution is 2.13. The molecule has 7 heteroatoms. The zero-order chi connectivity index (χ0) is 18.3. The van der Waals surface area contributed by atoms with Crippen LogP contribution in [-0.4, -0.2) is 33.5 Å². The summed E-state index contributed by atoms with van der Waals surface area (Å²) in [5, 5.41) is 6.65. The van der Waals surface area contributed by atoms with E-state index >= 15 is 0 Å². The molecule has 0 unspecified atom stereocenters. The third kappa shape index (κ3) is 6.51. The summed E-state index contributed by atoms with van der Waals surface area (Å²) >= 11 is 0. The van der Waals surface area contributed by atoms with Crippen LogP contribution in [0.5, 0.6) is 0 Å². The van der Waals surface area contributed by atoms with Crippen molar-refractivity contribution in [3.8, 4) is 0 Å². The molecule has 0 atom stereocenters. The highest BCUT2D eigenvalue weighted by Gasteiger charge is 2.16. The fourth-order valence-corrected chi connectivity index (χ4v) is 4.27. The lowest BCUT2D eigenvalue weighted by atomic mass is 10.1. The van der Waals surface area contributed by atoms with Crippen molar-refractivity contribution in [1.82, 2.24) is 15.4 Å². The van der Waals surface area contributed by atoms with Crippen molar-refractivity contribution < 1.29 is 8.42 Å². The lowest BCUT2D eigenvalue weighted by Crippen LogP contribution is -2.42. The number of sulfonamides is 1. The molecule has 0 bridgehead atoms. The van der Waals surface area contributed by atoms with Crippen LogP contribution in [0.2, 0.25) is 0 Å². The van der Waals surface area contributed by atoms with E-state index in [1.165, 1.54) is 0 Å². The number of aliphatic imine (C=N–C) groups is 1. The number of nitrogens with one attached hydrogen (secondary N) is 3. The normalized spacial score (nSPS) is 15.8. The quantitative estimate of drug-likeness (QED) is 0.392. The second-order valence-corrected chi connectivity index (χ2v) is 8.26. The van der Waals surface area contributed by atoms with E-state index in [1.54, 1.807) is 7.05 Å². The first kappa shape index (κ1) is 19.5. The first-order chi connectivity index (χ1) is 11.9. The fraction of sp³-hybridized carbons (Fsp3) is 0.500. The summed E-state index contributed by atoms with van der Waals surface area (Å²) in [4.78, 5) is 4.25. The summed E-state index contributed by atoms with van der Waals surface area (Å²) in [7, 11) is -1.61. The Morgan fingerprint density at radius 2 is 1.84 bits per heavy atom. The van der Waals surface area contributed by atoms with Crippen LogP contribution in [0.15, 0.2) is 41.4 Å². The van der Waals surface area contributed by atoms with Crippen LogP contribution in [0.1, 0.15) is 37.8 Å². The van der Waals surface area contributed by atoms with Crippen molar-refractivity contribution in [3.63, 3.8) is 0 Å². The molecule has 2 rings (SSSR count). The minimum Gasteiger partial charge on any atom is -0.353 e. The van der Waals surface area contributed by atoms with Crippen molar-refractivity contribution in [2.45, 2.75) is 51.1 Å². The Bertz CT molecular complexity index is 718. The molecule has 0 fully saturated rings. The van der Waals surface area contributed by atoms with Gasteiger partial charge in [-0.1, -0.05) is 36.4 Å². The molecule has 138 valence electrons. The van der Waals surface area contributed by atoms with Crippen LogP contribution in [-0.2, 0) is 22.3 Å². The predicted molar refractivity (Wildman–Crippen MR) is 103 cm³/mol. The van der Waals surface area contributed by atoms with Crippen LogP contribution in [0.4, 0.5) is 0 Å². The number of hydrogen-bond donors (Lipinski definition) is 3. The summed E-state index contributed by atoms with van der Waals surface area (Å²) in [6.07, 6.45) is 6.31. The third-order valence-electron chi connectivity index (χ3n) is 3.90. The van der Waals surface area contributed by atoms with Gasteiger partial charge in [0, 0.05) is 25.7 Å². The van der Waals surface area contributed by atoms with Crippen LogP contribution in [0.3, 0.4) is 0 Å². The molecule has 1 aliphatic carbocycles. The average molecular weight is 365 g/mol. The Morgan fingerprint density at radius 3 is 2.44 bits per heavy atom. The zero-order valence-corrected chi connectivity index (χ0v) is 15.9. The Balaban J connectivity index is 1.99. The molecule has 1 aromatic rings. The molecule has 0 amide bonds. The molecule has 0 aliphatic heterocycles. The number of guanidine groups is 1. The van der Waals surface area contributed by atoms with E-state index < -0.39 is 10.0 Å². The maximum absolute atomic E-state index is 12.2. The molecular formula is C18H28N4O2S. The van der Waals surface area contributed by atoms with Crippen LogP contribution < -0.4 is 15.4 Å². The number of nitrogens with zero attached hydrogens (tertiary/aromatic N) is 1. The molecule has 0 spiro atoms. The van der Waals surface area contributed by atoms with Crippen molar-refractivity contribution in [2.75, 3.05) is 7.05 Å². The summed E-state index contributed by atoms with van der Waals surface area (Å²) in [5.74, 6) is 0.702. The monoisotopic (exact) mass is 364 g/mol. The lowest BCUT2D eigenvalue weighted by molar-refractivity contribution is 0.568. The summed E-state index contributed by atoms with van der Waals surface area (Å²) in [5.41, 5.74) is 1.74. The van der Waals surface area contributed by atoms with Crippen molar-refractivity contribution in [2.24, 2.45) is 4.99 Å². The van der Waals surface area contributed by atoms with E-state index in [9.17, 15) is 8.42 Å². The molecule has 0 aromatic heterocycles. The van der Waals surface area contributed by atoms with E-state index in [4.69, 9.17) is 0 Å². The van der Waals surface area contributed by atoms with Crippen molar-refractivity contribution in [3.05, 3.63) is 47.5 Å². The smallest absolute Gasteiger partial charge is 0.216 e. The molecule has 3 N–H and O–H groups in total. The number of hydrogen-bond acceptors (Lipinski definition) is 3. The van der Waals surface area contributed by atoms with Gasteiger partial charge in [-0.15, -0.1) is 0 Å². The molecule has 1 aliphatic rings. The first-order valence-corrected chi connectivity index (χ1v) is 10.2. The standard InChI is InChI=1S/C18H28N4O2S/c1-14(2)22-25(23,24)13-16-9-5-4-8-15(16)12-20-18(19-3)21-17-10-6-7-11-17/h4-9,14,17,22H,10-13H2,1-3H3,(H2,19,20,21). The van der Waals surface area contributed by atoms with Crippen molar-refractivity contribution in [1.29, 1.82) is 0 Å². The van der Waals surface area contributed by atoms with Crippen LogP contribution >= 0.6 is 0 Å². The zero-order valence-electron chi connectivity index (χ0n) is 15.1. The lowest BCUT2D eigenvalue weighted by Gasteiger charge is -2.18. The number of benzene rings is 1. The van der Waals surface area contributed by atoms with Gasteiger partial charge in [-0.3, -0.25) is 4.99 Å². The molecule has 1 aromatic carbocycles. The van der Waals surface area contributed by atoms with Crippen LogP contribution in [0.25, 0.3) is 0 Å². The Morgan fingerprint density at radius 1 is 1.20 bits per heavy atom. The Kier molecular flexibility index (Phi) is 7.01. The van der Waals surface area contributed by atoms with Gasteiger partial charge in [0.15, 0.2) is 5.96 Å². The van der Waals surface area contributed by atoms with E-state index in [0.29, 0.717) is 12.6 Å². The van der Waals surface area contributed by atoms with Gasteiger partial charge in [0.1, 0.15) is 0 Å². The third-order valence-corrected chi connectivity index (χ3v) is 5.42. The predicted octanol–water partition coefficient (Wildman–Crippen LogP) is 1.90. The minimum absolute atomic E-state index is 0.0262. The number of rotatable bonds is 7. The summed E-state index contributed by atoms with van der Waals surface area (Å²) in [6.45, 7) is 4.16. The summed E-state index contributed by atoms with van der Waals surface area (Å²) in [6, 6.07) is 7.84. The van der Waals surface area contributed by atoms with Gasteiger partial charge < -0.3 is 10.6 Å². The minimum atomic E-state index is -3.35. The van der Waals surface area contributed by atoms with Gasteiger partial charge >= 0.3 is 0 Å². The topological polar surface area (TPSA) is 82.6 Å².